The van der Waals surface area contributed by atoms with Gasteiger partial charge in [0.2, 0.25) is 0 Å². The van der Waals surface area contributed by atoms with Crippen molar-refractivity contribution in [2.75, 3.05) is 19.8 Å². The summed E-state index contributed by atoms with van der Waals surface area (Å²) in [5, 5.41) is 120. The van der Waals surface area contributed by atoms with E-state index in [9.17, 15) is 61.0 Å². The molecule has 0 aromatic carbocycles. The quantitative estimate of drug-likeness (QED) is 0.0448. The molecule has 18 unspecified atom stereocenters. The number of fused-ring (bicyclic) bond motifs is 4. The van der Waals surface area contributed by atoms with Gasteiger partial charge in [-0.25, -0.2) is 4.79 Å². The number of aliphatic hydroxyl groups excluding tert-OH is 10. The fraction of sp³-hybridized carbons (Fsp3) is 0.973. The third-order valence-corrected chi connectivity index (χ3v) is 13.0. The van der Waals surface area contributed by atoms with Gasteiger partial charge in [0.1, 0.15) is 116 Å². The molecule has 0 saturated carbocycles. The molecule has 0 amide bonds. The minimum absolute atomic E-state index is 0.209. The molecule has 10 rings (SSSR count). The Kier molecular flexibility index (Phi) is 14.0. The van der Waals surface area contributed by atoms with E-state index >= 15 is 0 Å². The summed E-state index contributed by atoms with van der Waals surface area (Å²) < 4.78 is 92.0. The second-order valence-electron chi connectivity index (χ2n) is 17.5. The Morgan fingerprint density at radius 2 is 0.864 bits per heavy atom. The standard InChI is InChI=1S/C37H55NO28/c38-4-2-1-3-5-51-31-19(13(45)21-33(57-21)64-31)56-35-23(15(47)24-37(60-24)66-35)58-34-20(14(46)22-36(59-22)65-34)54-30-16(48)17(53-28-11(43)9(41)8(40)7(6-39)52-28)25(26(62-30)27(49)50)61-29-12(44)10(42)18-32(55-18)63-29/h7-26,28-37,39-48H,1-6,38H2,(H,49,50)/t7?,8-,9?,10?,11?,12?,13?,14?,15?,16?,17?,18+,19?,20?,21+,22+,23?,24+,25+,26?,28-,29+,30-,31+,32?,33?,34+,35+,36?,37?/m0/s1. The van der Waals surface area contributed by atoms with Crippen molar-refractivity contribution >= 4 is 5.97 Å². The third-order valence-electron chi connectivity index (χ3n) is 13.0. The zero-order chi connectivity index (χ0) is 46.5. The van der Waals surface area contributed by atoms with E-state index < -0.39 is 198 Å². The molecule has 10 aliphatic heterocycles. The second kappa shape index (κ2) is 19.2. The summed E-state index contributed by atoms with van der Waals surface area (Å²) in [7, 11) is 0. The lowest BCUT2D eigenvalue weighted by Crippen LogP contribution is -2.68. The summed E-state index contributed by atoms with van der Waals surface area (Å²) in [4.78, 5) is 13.0. The van der Waals surface area contributed by atoms with Crippen molar-refractivity contribution in [3.63, 3.8) is 0 Å². The minimum Gasteiger partial charge on any atom is -0.479 e. The number of ether oxygens (including phenoxy) is 16. The predicted octanol–water partition coefficient (Wildman–Crippen LogP) is -8.84. The van der Waals surface area contributed by atoms with Gasteiger partial charge in [-0.2, -0.15) is 0 Å². The lowest BCUT2D eigenvalue weighted by molar-refractivity contribution is -0.394. The highest BCUT2D eigenvalue weighted by Crippen LogP contribution is 2.45. The number of carbonyl (C=O) groups is 1. The van der Waals surface area contributed by atoms with E-state index in [0.29, 0.717) is 13.0 Å². The molecule has 13 N–H and O–H groups in total. The molecule has 376 valence electrons. The van der Waals surface area contributed by atoms with Crippen LogP contribution in [0.5, 0.6) is 0 Å². The van der Waals surface area contributed by atoms with Crippen molar-refractivity contribution in [3.05, 3.63) is 0 Å². The van der Waals surface area contributed by atoms with Gasteiger partial charge in [-0.3, -0.25) is 0 Å². The minimum atomic E-state index is -2.24. The van der Waals surface area contributed by atoms with Crippen LogP contribution in [0.1, 0.15) is 19.3 Å². The first-order valence-corrected chi connectivity index (χ1v) is 21.8. The van der Waals surface area contributed by atoms with Gasteiger partial charge in [0.15, 0.2) is 69.0 Å². The van der Waals surface area contributed by atoms with Gasteiger partial charge in [-0.05, 0) is 25.8 Å². The maximum atomic E-state index is 13.0. The predicted molar refractivity (Wildman–Crippen MR) is 193 cm³/mol. The molecule has 0 aromatic rings. The molecule has 29 nitrogen and oxygen atoms in total. The van der Waals surface area contributed by atoms with Crippen LogP contribution >= 0.6 is 0 Å². The van der Waals surface area contributed by atoms with Crippen LogP contribution in [0.4, 0.5) is 0 Å². The van der Waals surface area contributed by atoms with Crippen molar-refractivity contribution in [2.24, 2.45) is 5.73 Å². The number of carboxylic acids is 1. The zero-order valence-electron chi connectivity index (χ0n) is 34.5. The summed E-state index contributed by atoms with van der Waals surface area (Å²) >= 11 is 0. The molecule has 0 radical (unpaired) electrons. The van der Waals surface area contributed by atoms with Crippen LogP contribution in [0.15, 0.2) is 0 Å². The highest BCUT2D eigenvalue weighted by Gasteiger charge is 2.66. The molecule has 10 heterocycles. The smallest absolute Gasteiger partial charge is 0.335 e. The first-order valence-electron chi connectivity index (χ1n) is 21.8. The molecule has 0 aliphatic carbocycles. The monoisotopic (exact) mass is 961 g/mol. The molecule has 66 heavy (non-hydrogen) atoms. The van der Waals surface area contributed by atoms with Crippen LogP contribution in [-0.2, 0) is 80.6 Å². The summed E-state index contributed by atoms with van der Waals surface area (Å²) in [5.41, 5.74) is 5.60. The second-order valence-corrected chi connectivity index (χ2v) is 17.5. The maximum Gasteiger partial charge on any atom is 0.335 e. The van der Waals surface area contributed by atoms with E-state index in [1.807, 2.05) is 0 Å². The first-order chi connectivity index (χ1) is 31.7. The fourth-order valence-corrected chi connectivity index (χ4v) is 9.00. The fourth-order valence-electron chi connectivity index (χ4n) is 9.00. The Morgan fingerprint density at radius 1 is 0.424 bits per heavy atom. The van der Waals surface area contributed by atoms with E-state index in [4.69, 9.17) is 81.5 Å². The van der Waals surface area contributed by atoms with Gasteiger partial charge in [0, 0.05) is 6.61 Å². The molecule has 10 aliphatic rings. The Morgan fingerprint density at radius 3 is 1.41 bits per heavy atom. The largest absolute Gasteiger partial charge is 0.479 e. The summed E-state index contributed by atoms with van der Waals surface area (Å²) in [6.45, 7) is -0.193. The van der Waals surface area contributed by atoms with E-state index in [0.717, 1.165) is 12.8 Å². The molecular formula is C37H55NO28. The van der Waals surface area contributed by atoms with Gasteiger partial charge in [-0.1, -0.05) is 0 Å². The SMILES string of the molecule is NCCCCCO[C@@H]1OC2O[C@@H]2C(O)C1O[C@@H]1OC2O[C@@H]2C(O)C1O[C@@H]1OC2O[C@@H]2C(O)C1O[C@H]1OC(C(=O)O)[C@H](O[C@@H]2OC3O[C@@H]3C(O)C2O)C(O[C@@H]2OC(CO)[C@H](O)C(O)C2O)C1O. The van der Waals surface area contributed by atoms with Crippen molar-refractivity contribution in [1.82, 2.24) is 0 Å². The van der Waals surface area contributed by atoms with Gasteiger partial charge < -0.3 is 138 Å². The molecule has 30 atom stereocenters. The number of unbranched alkanes of at least 4 members (excludes halogenated alkanes) is 2. The Hall–Kier alpha value is -1.61. The lowest BCUT2D eigenvalue weighted by atomic mass is 9.96. The molecule has 0 bridgehead atoms. The number of hydrogen-bond acceptors (Lipinski definition) is 28. The van der Waals surface area contributed by atoms with E-state index in [-0.39, 0.29) is 6.61 Å². The molecule has 29 heteroatoms. The third kappa shape index (κ3) is 9.26. The van der Waals surface area contributed by atoms with Gasteiger partial charge in [-0.15, -0.1) is 0 Å². The maximum absolute atomic E-state index is 13.0. The average molecular weight is 962 g/mol. The number of aliphatic hydroxyl groups is 10. The van der Waals surface area contributed by atoms with Gasteiger partial charge in [0.25, 0.3) is 0 Å². The van der Waals surface area contributed by atoms with Gasteiger partial charge in [0.05, 0.1) is 6.61 Å². The molecular weight excluding hydrogens is 906 g/mol. The Labute approximate surface area is 372 Å². The normalized spacial score (nSPS) is 55.7. The van der Waals surface area contributed by atoms with Crippen LogP contribution in [-0.4, -0.2) is 267 Å². The van der Waals surface area contributed by atoms with E-state index in [1.165, 1.54) is 0 Å². The Balaban J connectivity index is 0.892. The number of nitrogens with two attached hydrogens (primary N) is 1. The van der Waals surface area contributed by atoms with Crippen molar-refractivity contribution in [3.8, 4) is 0 Å². The summed E-state index contributed by atoms with van der Waals surface area (Å²) in [6.07, 6.45) is -44.4. The zero-order valence-corrected chi connectivity index (χ0v) is 34.5. The number of carboxylic acid groups (broad SMARTS) is 1. The average Bonchev–Trinajstić information content (AvgIpc) is 4.08. The first kappa shape index (κ1) is 48.0. The number of epoxide rings is 4. The number of hydrogen-bond donors (Lipinski definition) is 12. The van der Waals surface area contributed by atoms with Crippen LogP contribution in [0.2, 0.25) is 0 Å². The van der Waals surface area contributed by atoms with Crippen LogP contribution in [0, 0.1) is 0 Å². The molecule has 10 fully saturated rings. The van der Waals surface area contributed by atoms with Crippen LogP contribution in [0.3, 0.4) is 0 Å². The highest BCUT2D eigenvalue weighted by molar-refractivity contribution is 5.73. The lowest BCUT2D eigenvalue weighted by Gasteiger charge is -2.48. The Bertz CT molecular complexity index is 1690. The number of rotatable bonds is 18. The highest BCUT2D eigenvalue weighted by atomic mass is 16.9. The van der Waals surface area contributed by atoms with E-state index in [1.54, 1.807) is 0 Å². The van der Waals surface area contributed by atoms with Crippen molar-refractivity contribution in [1.29, 1.82) is 0 Å². The molecule has 0 aromatic heterocycles. The van der Waals surface area contributed by atoms with Crippen LogP contribution < -0.4 is 5.73 Å². The van der Waals surface area contributed by atoms with Gasteiger partial charge >= 0.3 is 5.97 Å². The van der Waals surface area contributed by atoms with Crippen molar-refractivity contribution < 1.29 is 137 Å². The summed E-state index contributed by atoms with van der Waals surface area (Å²) in [6, 6.07) is 0. The number of aliphatic carboxylic acids is 1. The topological polar surface area (TPSA) is 427 Å². The molecule has 0 spiro atoms. The van der Waals surface area contributed by atoms with Crippen molar-refractivity contribution in [2.45, 2.75) is 204 Å². The van der Waals surface area contributed by atoms with E-state index in [2.05, 4.69) is 0 Å². The van der Waals surface area contributed by atoms with Crippen LogP contribution in [0.25, 0.3) is 0 Å². The summed E-state index contributed by atoms with van der Waals surface area (Å²) in [5.74, 6) is -1.79. The molecule has 10 saturated heterocycles.